The van der Waals surface area contributed by atoms with Gasteiger partial charge in [-0.25, -0.2) is 0 Å². The fourth-order valence-corrected chi connectivity index (χ4v) is 5.88. The van der Waals surface area contributed by atoms with Crippen LogP contribution in [-0.2, 0) is 19.1 Å². The monoisotopic (exact) mass is 372 g/mol. The Bertz CT molecular complexity index is 353. The molecule has 4 nitrogen and oxygen atoms in total. The zero-order valence-corrected chi connectivity index (χ0v) is 18.2. The standard InChI is InChI=1S/C20H40O4Si/c1-6-7-8-9-10-11-12-13-16-25(4,5)17-14-15-18(19(21)23-2)20(22)24-3/h18H,6-17H2,1-5H3. The van der Waals surface area contributed by atoms with E-state index >= 15 is 0 Å². The van der Waals surface area contributed by atoms with Crippen molar-refractivity contribution in [3.63, 3.8) is 0 Å². The van der Waals surface area contributed by atoms with Crippen molar-refractivity contribution in [1.82, 2.24) is 0 Å². The Labute approximate surface area is 156 Å². The molecule has 0 rings (SSSR count). The summed E-state index contributed by atoms with van der Waals surface area (Å²) in [7, 11) is 1.39. The lowest BCUT2D eigenvalue weighted by Gasteiger charge is -2.23. The summed E-state index contributed by atoms with van der Waals surface area (Å²) < 4.78 is 9.43. The van der Waals surface area contributed by atoms with Crippen molar-refractivity contribution in [2.24, 2.45) is 5.92 Å². The van der Waals surface area contributed by atoms with Gasteiger partial charge in [0.05, 0.1) is 14.2 Å². The van der Waals surface area contributed by atoms with Crippen LogP contribution < -0.4 is 0 Å². The zero-order chi connectivity index (χ0) is 19.1. The van der Waals surface area contributed by atoms with Gasteiger partial charge in [0.15, 0.2) is 5.92 Å². The van der Waals surface area contributed by atoms with Gasteiger partial charge in [0.1, 0.15) is 0 Å². The van der Waals surface area contributed by atoms with E-state index in [0.717, 1.165) is 12.5 Å². The van der Waals surface area contributed by atoms with Crippen molar-refractivity contribution < 1.29 is 19.1 Å². The van der Waals surface area contributed by atoms with Crippen LogP contribution in [-0.4, -0.2) is 34.2 Å². The van der Waals surface area contributed by atoms with Gasteiger partial charge >= 0.3 is 11.9 Å². The van der Waals surface area contributed by atoms with Crippen molar-refractivity contribution in [3.05, 3.63) is 0 Å². The lowest BCUT2D eigenvalue weighted by Crippen LogP contribution is -2.29. The van der Waals surface area contributed by atoms with E-state index in [1.54, 1.807) is 0 Å². The molecule has 0 amide bonds. The Morgan fingerprint density at radius 1 is 0.760 bits per heavy atom. The van der Waals surface area contributed by atoms with Gasteiger partial charge < -0.3 is 9.47 Å². The van der Waals surface area contributed by atoms with Gasteiger partial charge in [-0.2, -0.15) is 0 Å². The van der Waals surface area contributed by atoms with E-state index in [2.05, 4.69) is 20.0 Å². The second kappa shape index (κ2) is 14.3. The first-order valence-electron chi connectivity index (χ1n) is 10.0. The average Bonchev–Trinajstić information content (AvgIpc) is 2.59. The van der Waals surface area contributed by atoms with Crippen LogP contribution in [0.3, 0.4) is 0 Å². The number of methoxy groups -OCH3 is 2. The fourth-order valence-electron chi connectivity index (χ4n) is 3.26. The number of hydrogen-bond donors (Lipinski definition) is 0. The maximum absolute atomic E-state index is 11.7. The van der Waals surface area contributed by atoms with Crippen LogP contribution in [0, 0.1) is 5.92 Å². The molecule has 0 saturated carbocycles. The van der Waals surface area contributed by atoms with Gasteiger partial charge in [-0.3, -0.25) is 9.59 Å². The maximum Gasteiger partial charge on any atom is 0.320 e. The van der Waals surface area contributed by atoms with Gasteiger partial charge in [-0.05, 0) is 6.42 Å². The number of ether oxygens (including phenoxy) is 2. The zero-order valence-electron chi connectivity index (χ0n) is 17.2. The van der Waals surface area contributed by atoms with Crippen molar-refractivity contribution in [1.29, 1.82) is 0 Å². The molecule has 0 aliphatic heterocycles. The molecule has 0 aromatic rings. The van der Waals surface area contributed by atoms with Crippen molar-refractivity contribution >= 4 is 20.0 Å². The highest BCUT2D eigenvalue weighted by Crippen LogP contribution is 2.24. The summed E-state index contributed by atoms with van der Waals surface area (Å²) >= 11 is 0. The number of esters is 2. The van der Waals surface area contributed by atoms with E-state index in [0.29, 0.717) is 6.42 Å². The number of rotatable bonds is 15. The molecule has 25 heavy (non-hydrogen) atoms. The van der Waals surface area contributed by atoms with E-state index in [1.165, 1.54) is 71.6 Å². The minimum Gasteiger partial charge on any atom is -0.468 e. The van der Waals surface area contributed by atoms with Crippen LogP contribution in [0.4, 0.5) is 0 Å². The molecule has 0 aliphatic rings. The molecule has 0 unspecified atom stereocenters. The molecule has 0 aliphatic carbocycles. The summed E-state index contributed by atoms with van der Waals surface area (Å²) in [4.78, 5) is 23.4. The average molecular weight is 373 g/mol. The SMILES string of the molecule is CCCCCCCCCC[Si](C)(C)CCCC(C(=O)OC)C(=O)OC. The van der Waals surface area contributed by atoms with Gasteiger partial charge in [0.25, 0.3) is 0 Å². The minimum atomic E-state index is -1.25. The van der Waals surface area contributed by atoms with Crippen LogP contribution in [0.5, 0.6) is 0 Å². The highest BCUT2D eigenvalue weighted by Gasteiger charge is 2.29. The number of carbonyl (C=O) groups is 2. The summed E-state index contributed by atoms with van der Waals surface area (Å²) in [5.74, 6) is -1.72. The van der Waals surface area contributed by atoms with E-state index in [1.807, 2.05) is 0 Å². The number of hydrogen-bond acceptors (Lipinski definition) is 4. The molecule has 148 valence electrons. The summed E-state index contributed by atoms with van der Waals surface area (Å²) in [5, 5.41) is 0. The smallest absolute Gasteiger partial charge is 0.320 e. The second-order valence-corrected chi connectivity index (χ2v) is 13.2. The summed E-state index contributed by atoms with van der Waals surface area (Å²) in [6, 6.07) is 2.48. The Morgan fingerprint density at radius 3 is 1.68 bits per heavy atom. The number of unbranched alkanes of at least 4 members (excludes halogenated alkanes) is 7. The first-order valence-corrected chi connectivity index (χ1v) is 13.4. The lowest BCUT2D eigenvalue weighted by molar-refractivity contribution is -0.159. The van der Waals surface area contributed by atoms with Crippen LogP contribution in [0.15, 0.2) is 0 Å². The maximum atomic E-state index is 11.7. The molecule has 0 radical (unpaired) electrons. The molecule has 5 heteroatoms. The van der Waals surface area contributed by atoms with Gasteiger partial charge in [-0.1, -0.05) is 89.9 Å². The van der Waals surface area contributed by atoms with Gasteiger partial charge in [0.2, 0.25) is 0 Å². The molecular weight excluding hydrogens is 332 g/mol. The van der Waals surface area contributed by atoms with Crippen molar-refractivity contribution in [2.45, 2.75) is 96.3 Å². The predicted octanol–water partition coefficient (Wildman–Crippen LogP) is 5.58. The van der Waals surface area contributed by atoms with E-state index < -0.39 is 25.9 Å². The third-order valence-corrected chi connectivity index (χ3v) is 8.44. The Kier molecular flexibility index (Phi) is 13.9. The predicted molar refractivity (Wildman–Crippen MR) is 106 cm³/mol. The molecule has 0 fully saturated rings. The minimum absolute atomic E-state index is 0.477. The van der Waals surface area contributed by atoms with E-state index in [4.69, 9.17) is 9.47 Å². The highest BCUT2D eigenvalue weighted by molar-refractivity contribution is 6.77. The van der Waals surface area contributed by atoms with E-state index in [-0.39, 0.29) is 0 Å². The number of carbonyl (C=O) groups excluding carboxylic acids is 2. The first kappa shape index (κ1) is 24.2. The lowest BCUT2D eigenvalue weighted by atomic mass is 10.0. The molecular formula is C20H40O4Si. The molecule has 0 aromatic carbocycles. The van der Waals surface area contributed by atoms with Gasteiger partial charge in [-0.15, -0.1) is 0 Å². The molecule has 0 atom stereocenters. The van der Waals surface area contributed by atoms with Crippen LogP contribution in [0.2, 0.25) is 25.2 Å². The molecule has 0 bridgehead atoms. The fraction of sp³-hybridized carbons (Fsp3) is 0.900. The van der Waals surface area contributed by atoms with Crippen LogP contribution >= 0.6 is 0 Å². The topological polar surface area (TPSA) is 52.6 Å². The second-order valence-electron chi connectivity index (χ2n) is 7.88. The first-order chi connectivity index (χ1) is 11.9. The Morgan fingerprint density at radius 2 is 1.20 bits per heavy atom. The molecule has 0 aromatic heterocycles. The molecule has 0 saturated heterocycles. The highest BCUT2D eigenvalue weighted by atomic mass is 28.3. The third kappa shape index (κ3) is 12.2. The molecule has 0 N–H and O–H groups in total. The summed E-state index contributed by atoms with van der Waals surface area (Å²) in [5.41, 5.74) is 0. The quantitative estimate of drug-likeness (QED) is 0.163. The summed E-state index contributed by atoms with van der Waals surface area (Å²) in [6.45, 7) is 7.09. The molecule has 0 heterocycles. The van der Waals surface area contributed by atoms with Crippen molar-refractivity contribution in [2.75, 3.05) is 14.2 Å². The normalized spacial score (nSPS) is 11.6. The van der Waals surface area contributed by atoms with Gasteiger partial charge in [0, 0.05) is 8.07 Å². The van der Waals surface area contributed by atoms with Crippen LogP contribution in [0.25, 0.3) is 0 Å². The van der Waals surface area contributed by atoms with Crippen LogP contribution in [0.1, 0.15) is 71.1 Å². The van der Waals surface area contributed by atoms with E-state index in [9.17, 15) is 9.59 Å². The third-order valence-electron chi connectivity index (χ3n) is 5.02. The van der Waals surface area contributed by atoms with Crippen molar-refractivity contribution in [3.8, 4) is 0 Å². The molecule has 0 spiro atoms. The largest absolute Gasteiger partial charge is 0.468 e. The summed E-state index contributed by atoms with van der Waals surface area (Å²) in [6.07, 6.45) is 12.3. The Hall–Kier alpha value is -0.843. The Balaban J connectivity index is 3.94.